The van der Waals surface area contributed by atoms with Gasteiger partial charge in [-0.1, -0.05) is 38.1 Å². The quantitative estimate of drug-likeness (QED) is 0.720. The van der Waals surface area contributed by atoms with E-state index in [9.17, 15) is 0 Å². The third kappa shape index (κ3) is 4.02. The van der Waals surface area contributed by atoms with E-state index < -0.39 is 0 Å². The first-order valence-electron chi connectivity index (χ1n) is 6.75. The number of benzene rings is 2. The van der Waals surface area contributed by atoms with Gasteiger partial charge in [0.15, 0.2) is 0 Å². The van der Waals surface area contributed by atoms with Gasteiger partial charge in [-0.3, -0.25) is 0 Å². The Bertz CT molecular complexity index is 438. The molecule has 0 fully saturated rings. The number of hydrogen-bond acceptors (Lipinski definition) is 2. The van der Waals surface area contributed by atoms with Crippen molar-refractivity contribution in [2.24, 2.45) is 0 Å². The average Bonchev–Trinajstić information content (AvgIpc) is 2.49. The molecule has 0 N–H and O–H groups in total. The summed E-state index contributed by atoms with van der Waals surface area (Å²) in [5.74, 6) is 1.67. The Balaban J connectivity index is 1.81. The second-order valence-corrected chi connectivity index (χ2v) is 4.40. The molecule has 2 aromatic carbocycles. The molecule has 0 atom stereocenters. The predicted molar refractivity (Wildman–Crippen MR) is 77.8 cm³/mol. The highest BCUT2D eigenvalue weighted by atomic mass is 16.7. The van der Waals surface area contributed by atoms with Crippen LogP contribution in [0.5, 0.6) is 11.5 Å². The van der Waals surface area contributed by atoms with Crippen molar-refractivity contribution in [1.82, 2.24) is 0 Å². The van der Waals surface area contributed by atoms with Gasteiger partial charge in [0.05, 0.1) is 0 Å². The molecule has 0 aliphatic rings. The van der Waals surface area contributed by atoms with Crippen LogP contribution in [0.1, 0.15) is 25.0 Å². The molecule has 0 aliphatic carbocycles. The van der Waals surface area contributed by atoms with Gasteiger partial charge in [0, 0.05) is 0 Å². The van der Waals surface area contributed by atoms with Gasteiger partial charge in [-0.2, -0.15) is 0 Å². The molecule has 2 aromatic rings. The normalized spacial score (nSPS) is 10.2. The smallest absolute Gasteiger partial charge is 0.230 e. The Morgan fingerprint density at radius 3 is 1.32 bits per heavy atom. The molecular formula is C17H20O2. The van der Waals surface area contributed by atoms with E-state index in [1.807, 2.05) is 24.3 Å². The zero-order chi connectivity index (χ0) is 13.5. The van der Waals surface area contributed by atoms with Crippen LogP contribution in [0.15, 0.2) is 48.5 Å². The van der Waals surface area contributed by atoms with Crippen LogP contribution in [0.3, 0.4) is 0 Å². The van der Waals surface area contributed by atoms with Crippen molar-refractivity contribution in [2.45, 2.75) is 26.7 Å². The van der Waals surface area contributed by atoms with Crippen molar-refractivity contribution in [3.63, 3.8) is 0 Å². The molecule has 0 amide bonds. The molecule has 2 rings (SSSR count). The molecule has 2 nitrogen and oxygen atoms in total. The van der Waals surface area contributed by atoms with Crippen LogP contribution in [0.4, 0.5) is 0 Å². The van der Waals surface area contributed by atoms with E-state index in [1.165, 1.54) is 11.1 Å². The minimum absolute atomic E-state index is 0.233. The molecule has 0 bridgehead atoms. The van der Waals surface area contributed by atoms with Gasteiger partial charge in [0.2, 0.25) is 6.79 Å². The van der Waals surface area contributed by atoms with Crippen molar-refractivity contribution in [1.29, 1.82) is 0 Å². The van der Waals surface area contributed by atoms with E-state index in [-0.39, 0.29) is 6.79 Å². The minimum Gasteiger partial charge on any atom is -0.458 e. The zero-order valence-corrected chi connectivity index (χ0v) is 11.6. The Labute approximate surface area is 115 Å². The molecule has 0 aromatic heterocycles. The highest BCUT2D eigenvalue weighted by Crippen LogP contribution is 2.15. The fourth-order valence-corrected chi connectivity index (χ4v) is 1.81. The van der Waals surface area contributed by atoms with Gasteiger partial charge in [0.1, 0.15) is 11.5 Å². The van der Waals surface area contributed by atoms with E-state index in [1.54, 1.807) is 0 Å². The summed E-state index contributed by atoms with van der Waals surface area (Å²) in [6.07, 6.45) is 2.08. The first-order chi connectivity index (χ1) is 9.31. The Morgan fingerprint density at radius 2 is 1.00 bits per heavy atom. The SMILES string of the molecule is CCc1ccc(OCOc2ccc(CC)cc2)cc1. The summed E-state index contributed by atoms with van der Waals surface area (Å²) in [7, 11) is 0. The molecule has 0 unspecified atom stereocenters. The van der Waals surface area contributed by atoms with Gasteiger partial charge in [-0.15, -0.1) is 0 Å². The van der Waals surface area contributed by atoms with E-state index in [2.05, 4.69) is 38.1 Å². The summed E-state index contributed by atoms with van der Waals surface area (Å²) in [5, 5.41) is 0. The summed E-state index contributed by atoms with van der Waals surface area (Å²) in [6.45, 7) is 4.51. The molecule has 0 saturated carbocycles. The van der Waals surface area contributed by atoms with E-state index in [0.717, 1.165) is 24.3 Å². The Hall–Kier alpha value is -1.96. The predicted octanol–water partition coefficient (Wildman–Crippen LogP) is 4.23. The van der Waals surface area contributed by atoms with Gasteiger partial charge in [-0.25, -0.2) is 0 Å². The second-order valence-electron chi connectivity index (χ2n) is 4.40. The number of aryl methyl sites for hydroxylation is 2. The largest absolute Gasteiger partial charge is 0.458 e. The van der Waals surface area contributed by atoms with Gasteiger partial charge >= 0.3 is 0 Å². The molecule has 19 heavy (non-hydrogen) atoms. The molecule has 0 aliphatic heterocycles. The molecule has 100 valence electrons. The lowest BCUT2D eigenvalue weighted by molar-refractivity contribution is 0.120. The highest BCUT2D eigenvalue weighted by Gasteiger charge is 1.96. The third-order valence-electron chi connectivity index (χ3n) is 3.11. The van der Waals surface area contributed by atoms with E-state index in [4.69, 9.17) is 9.47 Å². The van der Waals surface area contributed by atoms with Crippen molar-refractivity contribution in [3.05, 3.63) is 59.7 Å². The van der Waals surface area contributed by atoms with Crippen molar-refractivity contribution < 1.29 is 9.47 Å². The Morgan fingerprint density at radius 1 is 0.632 bits per heavy atom. The van der Waals surface area contributed by atoms with Gasteiger partial charge in [0.25, 0.3) is 0 Å². The van der Waals surface area contributed by atoms with Gasteiger partial charge < -0.3 is 9.47 Å². The minimum atomic E-state index is 0.233. The summed E-state index contributed by atoms with van der Waals surface area (Å²) in [6, 6.07) is 16.2. The van der Waals surface area contributed by atoms with Crippen LogP contribution in [0.25, 0.3) is 0 Å². The van der Waals surface area contributed by atoms with Crippen molar-refractivity contribution in [3.8, 4) is 11.5 Å². The maximum atomic E-state index is 5.54. The topological polar surface area (TPSA) is 18.5 Å². The van der Waals surface area contributed by atoms with Crippen molar-refractivity contribution in [2.75, 3.05) is 6.79 Å². The van der Waals surface area contributed by atoms with Crippen LogP contribution in [-0.2, 0) is 12.8 Å². The van der Waals surface area contributed by atoms with Crippen molar-refractivity contribution >= 4 is 0 Å². The molecular weight excluding hydrogens is 236 g/mol. The monoisotopic (exact) mass is 256 g/mol. The Kier molecular flexibility index (Phi) is 4.85. The number of rotatable bonds is 6. The van der Waals surface area contributed by atoms with Crippen LogP contribution in [0, 0.1) is 0 Å². The summed E-state index contributed by atoms with van der Waals surface area (Å²) in [4.78, 5) is 0. The first-order valence-corrected chi connectivity index (χ1v) is 6.75. The summed E-state index contributed by atoms with van der Waals surface area (Å²) in [5.41, 5.74) is 2.62. The molecule has 0 heterocycles. The average molecular weight is 256 g/mol. The first kappa shape index (κ1) is 13.5. The number of ether oxygens (including phenoxy) is 2. The van der Waals surface area contributed by atoms with Crippen LogP contribution >= 0.6 is 0 Å². The van der Waals surface area contributed by atoms with E-state index >= 15 is 0 Å². The van der Waals surface area contributed by atoms with Crippen LogP contribution in [-0.4, -0.2) is 6.79 Å². The maximum Gasteiger partial charge on any atom is 0.230 e. The number of hydrogen-bond donors (Lipinski definition) is 0. The fourth-order valence-electron chi connectivity index (χ4n) is 1.81. The zero-order valence-electron chi connectivity index (χ0n) is 11.6. The summed E-state index contributed by atoms with van der Waals surface area (Å²) < 4.78 is 11.1. The molecule has 0 saturated heterocycles. The van der Waals surface area contributed by atoms with Gasteiger partial charge in [-0.05, 0) is 48.2 Å². The van der Waals surface area contributed by atoms with E-state index in [0.29, 0.717) is 0 Å². The molecule has 0 radical (unpaired) electrons. The summed E-state index contributed by atoms with van der Waals surface area (Å²) >= 11 is 0. The highest BCUT2D eigenvalue weighted by molar-refractivity contribution is 5.28. The lowest BCUT2D eigenvalue weighted by Crippen LogP contribution is -2.05. The standard InChI is InChI=1S/C17H20O2/c1-3-14-5-9-16(10-6-14)18-13-19-17-11-7-15(4-2)8-12-17/h5-12H,3-4,13H2,1-2H3. The maximum absolute atomic E-state index is 5.54. The third-order valence-corrected chi connectivity index (χ3v) is 3.11. The van der Waals surface area contributed by atoms with Crippen LogP contribution in [0.2, 0.25) is 0 Å². The molecule has 0 spiro atoms. The molecule has 2 heteroatoms. The lowest BCUT2D eigenvalue weighted by atomic mass is 10.2. The fraction of sp³-hybridized carbons (Fsp3) is 0.294. The van der Waals surface area contributed by atoms with Crippen LogP contribution < -0.4 is 9.47 Å². The lowest BCUT2D eigenvalue weighted by Gasteiger charge is -2.09. The second kappa shape index (κ2) is 6.83.